The summed E-state index contributed by atoms with van der Waals surface area (Å²) in [5, 5.41) is 9.26. The number of hydrogen-bond acceptors (Lipinski definition) is 6. The van der Waals surface area contributed by atoms with Crippen molar-refractivity contribution < 1.29 is 9.53 Å². The Labute approximate surface area is 192 Å². The molecule has 0 saturated carbocycles. The zero-order valence-corrected chi connectivity index (χ0v) is 18.9. The van der Waals surface area contributed by atoms with Crippen molar-refractivity contribution in [2.75, 3.05) is 5.32 Å². The summed E-state index contributed by atoms with van der Waals surface area (Å²) in [7, 11) is 0. The lowest BCUT2D eigenvalue weighted by Gasteiger charge is -2.03. The van der Waals surface area contributed by atoms with Crippen LogP contribution in [0.3, 0.4) is 0 Å². The zero-order chi connectivity index (χ0) is 21.9. The number of nitrogens with zero attached hydrogens (tertiary/aromatic N) is 2. The van der Waals surface area contributed by atoms with Crippen LogP contribution in [-0.2, 0) is 17.8 Å². The Morgan fingerprint density at radius 2 is 1.91 bits per heavy atom. The van der Waals surface area contributed by atoms with E-state index in [1.807, 2.05) is 66.3 Å². The number of aromatic nitrogens is 3. The van der Waals surface area contributed by atoms with Crippen LogP contribution in [0.2, 0.25) is 0 Å². The standard InChI is InChI=1S/C24H20N4O2S2/c1-15-6-8-17(9-7-15)30-12-23-26-16(13-31-23)10-22(29)28-24-27-21(14-32-24)19-11-25-20-5-3-2-4-18(19)20/h2-9,11,13-14,25H,10,12H2,1H3,(H,27,28,29). The lowest BCUT2D eigenvalue weighted by molar-refractivity contribution is -0.115. The van der Waals surface area contributed by atoms with Crippen molar-refractivity contribution in [1.82, 2.24) is 15.0 Å². The van der Waals surface area contributed by atoms with Gasteiger partial charge in [0.05, 0.1) is 17.8 Å². The molecule has 2 N–H and O–H groups in total. The van der Waals surface area contributed by atoms with Gasteiger partial charge in [0.15, 0.2) is 5.13 Å². The van der Waals surface area contributed by atoms with Crippen molar-refractivity contribution in [2.24, 2.45) is 0 Å². The molecular formula is C24H20N4O2S2. The second kappa shape index (κ2) is 8.94. The first kappa shape index (κ1) is 20.4. The van der Waals surface area contributed by atoms with Gasteiger partial charge in [-0.15, -0.1) is 22.7 Å². The number of nitrogens with one attached hydrogen (secondary N) is 2. The van der Waals surface area contributed by atoms with E-state index in [9.17, 15) is 4.79 Å². The Morgan fingerprint density at radius 1 is 1.06 bits per heavy atom. The SMILES string of the molecule is Cc1ccc(OCc2nc(CC(=O)Nc3nc(-c4c[nH]c5ccccc45)cs3)cs2)cc1. The van der Waals surface area contributed by atoms with E-state index in [1.165, 1.54) is 28.2 Å². The van der Waals surface area contributed by atoms with Gasteiger partial charge >= 0.3 is 0 Å². The number of aryl methyl sites for hydroxylation is 1. The molecule has 2 aromatic carbocycles. The van der Waals surface area contributed by atoms with Gasteiger partial charge in [0.2, 0.25) is 5.91 Å². The number of fused-ring (bicyclic) bond motifs is 1. The molecule has 0 aliphatic rings. The zero-order valence-electron chi connectivity index (χ0n) is 17.3. The van der Waals surface area contributed by atoms with E-state index < -0.39 is 0 Å². The van der Waals surface area contributed by atoms with Crippen LogP contribution in [0, 0.1) is 6.92 Å². The van der Waals surface area contributed by atoms with Crippen LogP contribution in [0.4, 0.5) is 5.13 Å². The second-order valence-corrected chi connectivity index (χ2v) is 9.15. The third-order valence-corrected chi connectivity index (χ3v) is 6.57. The highest BCUT2D eigenvalue weighted by Gasteiger charge is 2.13. The van der Waals surface area contributed by atoms with Crippen molar-refractivity contribution >= 4 is 44.6 Å². The average molecular weight is 461 g/mol. The summed E-state index contributed by atoms with van der Waals surface area (Å²) in [6, 6.07) is 16.0. The molecule has 32 heavy (non-hydrogen) atoms. The predicted octanol–water partition coefficient (Wildman–Crippen LogP) is 5.82. The van der Waals surface area contributed by atoms with Crippen LogP contribution in [-0.4, -0.2) is 20.9 Å². The van der Waals surface area contributed by atoms with Gasteiger partial charge in [0, 0.05) is 33.4 Å². The Hall–Kier alpha value is -3.49. The molecule has 0 saturated heterocycles. The molecule has 3 heterocycles. The number of amides is 1. The van der Waals surface area contributed by atoms with Crippen LogP contribution >= 0.6 is 22.7 Å². The summed E-state index contributed by atoms with van der Waals surface area (Å²) in [5.41, 5.74) is 4.84. The molecule has 1 amide bonds. The third kappa shape index (κ3) is 4.56. The van der Waals surface area contributed by atoms with Gasteiger partial charge in [0.25, 0.3) is 0 Å². The predicted molar refractivity (Wildman–Crippen MR) is 129 cm³/mol. The molecule has 8 heteroatoms. The van der Waals surface area contributed by atoms with Crippen LogP contribution in [0.1, 0.15) is 16.3 Å². The third-order valence-electron chi connectivity index (χ3n) is 4.94. The summed E-state index contributed by atoms with van der Waals surface area (Å²) in [6.07, 6.45) is 2.14. The smallest absolute Gasteiger partial charge is 0.232 e. The molecule has 0 radical (unpaired) electrons. The maximum Gasteiger partial charge on any atom is 0.232 e. The van der Waals surface area contributed by atoms with E-state index in [-0.39, 0.29) is 12.3 Å². The maximum absolute atomic E-state index is 12.5. The molecule has 0 atom stereocenters. The largest absolute Gasteiger partial charge is 0.486 e. The highest BCUT2D eigenvalue weighted by atomic mass is 32.1. The fourth-order valence-corrected chi connectivity index (χ4v) is 4.77. The molecule has 0 aliphatic carbocycles. The number of anilines is 1. The molecule has 3 aromatic heterocycles. The van der Waals surface area contributed by atoms with Gasteiger partial charge in [0.1, 0.15) is 17.4 Å². The molecular weight excluding hydrogens is 440 g/mol. The number of carbonyl (C=O) groups excluding carboxylic acids is 1. The van der Waals surface area contributed by atoms with E-state index in [2.05, 4.69) is 26.3 Å². The first-order chi connectivity index (χ1) is 15.6. The van der Waals surface area contributed by atoms with E-state index in [4.69, 9.17) is 4.74 Å². The molecule has 6 nitrogen and oxygen atoms in total. The Balaban J connectivity index is 1.18. The number of rotatable bonds is 7. The highest BCUT2D eigenvalue weighted by Crippen LogP contribution is 2.31. The van der Waals surface area contributed by atoms with Crippen molar-refractivity contribution in [3.8, 4) is 17.0 Å². The van der Waals surface area contributed by atoms with Crippen LogP contribution in [0.5, 0.6) is 5.75 Å². The monoisotopic (exact) mass is 460 g/mol. The Bertz CT molecular complexity index is 1370. The van der Waals surface area contributed by atoms with E-state index in [1.54, 1.807) is 0 Å². The molecule has 5 rings (SSSR count). The quantitative estimate of drug-likeness (QED) is 0.321. The molecule has 0 bridgehead atoms. The lowest BCUT2D eigenvalue weighted by atomic mass is 10.1. The maximum atomic E-state index is 12.5. The fraction of sp³-hybridized carbons (Fsp3) is 0.125. The minimum atomic E-state index is -0.138. The number of para-hydroxylation sites is 1. The fourth-order valence-electron chi connectivity index (χ4n) is 3.34. The minimum Gasteiger partial charge on any atom is -0.486 e. The number of ether oxygens (including phenoxy) is 1. The van der Waals surface area contributed by atoms with Crippen molar-refractivity contribution in [3.05, 3.63) is 81.8 Å². The summed E-state index contributed by atoms with van der Waals surface area (Å²) < 4.78 is 5.77. The topological polar surface area (TPSA) is 79.9 Å². The van der Waals surface area contributed by atoms with Crippen LogP contribution < -0.4 is 10.1 Å². The second-order valence-electron chi connectivity index (χ2n) is 7.35. The minimum absolute atomic E-state index is 0.138. The van der Waals surface area contributed by atoms with Crippen molar-refractivity contribution in [3.63, 3.8) is 0 Å². The average Bonchev–Trinajstić information content (AvgIpc) is 3.53. The molecule has 5 aromatic rings. The number of aromatic amines is 1. The Kier molecular flexibility index (Phi) is 5.70. The molecule has 0 aliphatic heterocycles. The molecule has 0 fully saturated rings. The van der Waals surface area contributed by atoms with E-state index in [0.717, 1.165) is 38.6 Å². The first-order valence-electron chi connectivity index (χ1n) is 10.1. The number of benzene rings is 2. The van der Waals surface area contributed by atoms with E-state index in [0.29, 0.717) is 11.7 Å². The van der Waals surface area contributed by atoms with Gasteiger partial charge in [-0.25, -0.2) is 9.97 Å². The molecule has 160 valence electrons. The highest BCUT2D eigenvalue weighted by molar-refractivity contribution is 7.14. The van der Waals surface area contributed by atoms with Gasteiger partial charge in [-0.1, -0.05) is 35.9 Å². The Morgan fingerprint density at radius 3 is 2.78 bits per heavy atom. The van der Waals surface area contributed by atoms with E-state index >= 15 is 0 Å². The van der Waals surface area contributed by atoms with Crippen molar-refractivity contribution in [2.45, 2.75) is 20.0 Å². The van der Waals surface area contributed by atoms with Gasteiger partial charge in [-0.2, -0.15) is 0 Å². The first-order valence-corrected chi connectivity index (χ1v) is 11.8. The summed E-state index contributed by atoms with van der Waals surface area (Å²) in [4.78, 5) is 24.9. The van der Waals surface area contributed by atoms with Gasteiger partial charge in [-0.3, -0.25) is 4.79 Å². The van der Waals surface area contributed by atoms with Gasteiger partial charge < -0.3 is 15.0 Å². The number of thiazole rings is 2. The molecule has 0 spiro atoms. The van der Waals surface area contributed by atoms with Crippen LogP contribution in [0.25, 0.3) is 22.2 Å². The van der Waals surface area contributed by atoms with Crippen molar-refractivity contribution in [1.29, 1.82) is 0 Å². The molecule has 0 unspecified atom stereocenters. The lowest BCUT2D eigenvalue weighted by Crippen LogP contribution is -2.14. The number of carbonyl (C=O) groups is 1. The summed E-state index contributed by atoms with van der Waals surface area (Å²) in [5.74, 6) is 0.668. The number of H-pyrrole nitrogens is 1. The normalized spacial score (nSPS) is 11.0. The summed E-state index contributed by atoms with van der Waals surface area (Å²) >= 11 is 2.90. The van der Waals surface area contributed by atoms with Gasteiger partial charge in [-0.05, 0) is 25.1 Å². The summed E-state index contributed by atoms with van der Waals surface area (Å²) in [6.45, 7) is 2.42. The van der Waals surface area contributed by atoms with Crippen LogP contribution in [0.15, 0.2) is 65.5 Å². The number of hydrogen-bond donors (Lipinski definition) is 2.